The Morgan fingerprint density at radius 1 is 1.29 bits per heavy atom. The number of methoxy groups -OCH3 is 1. The van der Waals surface area contributed by atoms with Gasteiger partial charge in [-0.25, -0.2) is 14.2 Å². The highest BCUT2D eigenvalue weighted by molar-refractivity contribution is 5.92. The van der Waals surface area contributed by atoms with Crippen LogP contribution in [-0.2, 0) is 18.2 Å². The van der Waals surface area contributed by atoms with Crippen LogP contribution in [0.5, 0.6) is 5.75 Å². The van der Waals surface area contributed by atoms with E-state index in [0.29, 0.717) is 17.3 Å². The molecule has 0 radical (unpaired) electrons. The Morgan fingerprint density at radius 3 is 2.86 bits per heavy atom. The van der Waals surface area contributed by atoms with Crippen LogP contribution in [0, 0.1) is 0 Å². The number of anilines is 2. The van der Waals surface area contributed by atoms with Crippen molar-refractivity contribution in [3.05, 3.63) is 47.7 Å². The molecular weight excluding hydrogens is 448 g/mol. The van der Waals surface area contributed by atoms with Crippen LogP contribution < -0.4 is 10.1 Å². The number of aryl methyl sites for hydroxylation is 2. The van der Waals surface area contributed by atoms with Crippen LogP contribution in [0.25, 0.3) is 22.3 Å². The Kier molecular flexibility index (Phi) is 6.12. The first-order chi connectivity index (χ1) is 17.0. The molecule has 1 atom stereocenters. The highest BCUT2D eigenvalue weighted by Gasteiger charge is 2.21. The van der Waals surface area contributed by atoms with Crippen LogP contribution in [0.1, 0.15) is 48.3 Å². The Morgan fingerprint density at radius 2 is 2.14 bits per heavy atom. The first-order valence-electron chi connectivity index (χ1n) is 11.7. The number of hydrogen-bond donors (Lipinski definition) is 2. The van der Waals surface area contributed by atoms with Crippen molar-refractivity contribution < 1.29 is 19.4 Å². The summed E-state index contributed by atoms with van der Waals surface area (Å²) in [4.78, 5) is 16.1. The average molecular weight is 477 g/mol. The summed E-state index contributed by atoms with van der Waals surface area (Å²) in [5.74, 6) is 0.241. The van der Waals surface area contributed by atoms with E-state index >= 15 is 0 Å². The van der Waals surface area contributed by atoms with Crippen molar-refractivity contribution in [2.24, 2.45) is 7.05 Å². The van der Waals surface area contributed by atoms with Crippen molar-refractivity contribution in [3.8, 4) is 17.1 Å². The second-order valence-corrected chi connectivity index (χ2v) is 8.52. The van der Waals surface area contributed by atoms with Crippen LogP contribution in [0.2, 0.25) is 0 Å². The number of ether oxygens (including phenoxy) is 2. The first-order valence-corrected chi connectivity index (χ1v) is 11.7. The number of aromatic nitrogens is 5. The molecule has 182 valence electrons. The quantitative estimate of drug-likeness (QED) is 0.399. The lowest BCUT2D eigenvalue weighted by molar-refractivity contribution is -0.0366. The molecule has 2 N–H and O–H groups in total. The Bertz CT molecular complexity index is 1390. The SMILES string of the molecule is CCc1c(Nc2nc(-c3ccc(C(=O)O)c(OC)c3)nn2C)ccc2c1cnn2C1CCCCO1. The summed E-state index contributed by atoms with van der Waals surface area (Å²) in [6, 6.07) is 8.91. The van der Waals surface area contributed by atoms with E-state index in [1.165, 1.54) is 13.2 Å². The lowest BCUT2D eigenvalue weighted by Gasteiger charge is -2.23. The summed E-state index contributed by atoms with van der Waals surface area (Å²) in [6.07, 6.45) is 5.92. The zero-order valence-electron chi connectivity index (χ0n) is 20.0. The van der Waals surface area contributed by atoms with Crippen molar-refractivity contribution in [1.82, 2.24) is 24.5 Å². The number of aromatic carboxylic acids is 1. The molecule has 2 aromatic heterocycles. The maximum absolute atomic E-state index is 11.4. The molecule has 0 aliphatic carbocycles. The molecule has 2 aromatic carbocycles. The van der Waals surface area contributed by atoms with E-state index in [2.05, 4.69) is 33.5 Å². The summed E-state index contributed by atoms with van der Waals surface area (Å²) < 4.78 is 14.8. The Balaban J connectivity index is 1.46. The maximum atomic E-state index is 11.4. The van der Waals surface area contributed by atoms with Crippen LogP contribution in [0.4, 0.5) is 11.6 Å². The molecule has 0 spiro atoms. The number of hydrogen-bond acceptors (Lipinski definition) is 7. The maximum Gasteiger partial charge on any atom is 0.339 e. The number of nitrogens with zero attached hydrogens (tertiary/aromatic N) is 5. The van der Waals surface area contributed by atoms with Gasteiger partial charge >= 0.3 is 5.97 Å². The van der Waals surface area contributed by atoms with Gasteiger partial charge in [-0.15, -0.1) is 5.10 Å². The lowest BCUT2D eigenvalue weighted by Crippen LogP contribution is -2.19. The number of carboxylic acids is 1. The lowest BCUT2D eigenvalue weighted by atomic mass is 10.1. The van der Waals surface area contributed by atoms with Crippen LogP contribution >= 0.6 is 0 Å². The van der Waals surface area contributed by atoms with Gasteiger partial charge in [-0.3, -0.25) is 0 Å². The van der Waals surface area contributed by atoms with E-state index < -0.39 is 5.97 Å². The molecule has 10 heteroatoms. The molecule has 10 nitrogen and oxygen atoms in total. The highest BCUT2D eigenvalue weighted by Crippen LogP contribution is 2.33. The molecule has 1 fully saturated rings. The van der Waals surface area contributed by atoms with E-state index in [0.717, 1.165) is 54.4 Å². The van der Waals surface area contributed by atoms with Gasteiger partial charge in [0.1, 0.15) is 11.3 Å². The third kappa shape index (κ3) is 4.21. The standard InChI is InChI=1S/C25H28N6O4/c1-4-16-18-14-26-31(22-7-5-6-12-35-22)20(18)11-10-19(16)27-25-28-23(29-30(25)2)15-8-9-17(24(32)33)21(13-15)34-3/h8-11,13-14,22H,4-7,12H2,1-3H3,(H,32,33)(H,27,28,29). The molecule has 5 rings (SSSR count). The Hall–Kier alpha value is -3.92. The summed E-state index contributed by atoms with van der Waals surface area (Å²) in [5.41, 5.74) is 3.89. The fraction of sp³-hybridized carbons (Fsp3) is 0.360. The molecule has 3 heterocycles. The molecule has 1 saturated heterocycles. The van der Waals surface area contributed by atoms with Crippen molar-refractivity contribution in [1.29, 1.82) is 0 Å². The smallest absolute Gasteiger partial charge is 0.339 e. The second kappa shape index (κ2) is 9.38. The first kappa shape index (κ1) is 22.9. The van der Waals surface area contributed by atoms with Gasteiger partial charge in [0.2, 0.25) is 5.95 Å². The number of rotatable bonds is 7. The summed E-state index contributed by atoms with van der Waals surface area (Å²) in [6.45, 7) is 2.89. The topological polar surface area (TPSA) is 116 Å². The average Bonchev–Trinajstić information content (AvgIpc) is 3.47. The highest BCUT2D eigenvalue weighted by atomic mass is 16.5. The van der Waals surface area contributed by atoms with Crippen molar-refractivity contribution in [2.45, 2.75) is 38.8 Å². The predicted octanol–water partition coefficient (Wildman–Crippen LogP) is 4.54. The van der Waals surface area contributed by atoms with E-state index in [1.54, 1.807) is 16.8 Å². The number of nitrogens with one attached hydrogen (secondary N) is 1. The van der Waals surface area contributed by atoms with Crippen molar-refractivity contribution in [3.63, 3.8) is 0 Å². The third-order valence-corrected chi connectivity index (χ3v) is 6.37. The number of carboxylic acid groups (broad SMARTS) is 1. The van der Waals surface area contributed by atoms with Crippen molar-refractivity contribution >= 4 is 28.5 Å². The van der Waals surface area contributed by atoms with Gasteiger partial charge in [0.25, 0.3) is 0 Å². The molecule has 0 saturated carbocycles. The monoisotopic (exact) mass is 476 g/mol. The fourth-order valence-corrected chi connectivity index (χ4v) is 4.57. The fourth-order valence-electron chi connectivity index (χ4n) is 4.57. The van der Waals surface area contributed by atoms with Gasteiger partial charge in [0, 0.05) is 30.3 Å². The number of benzene rings is 2. The zero-order valence-corrected chi connectivity index (χ0v) is 20.0. The number of carbonyl (C=O) groups is 1. The zero-order chi connectivity index (χ0) is 24.5. The molecule has 1 unspecified atom stereocenters. The third-order valence-electron chi connectivity index (χ3n) is 6.37. The minimum atomic E-state index is -1.05. The molecule has 35 heavy (non-hydrogen) atoms. The van der Waals surface area contributed by atoms with E-state index in [4.69, 9.17) is 9.47 Å². The summed E-state index contributed by atoms with van der Waals surface area (Å²) >= 11 is 0. The van der Waals surface area contributed by atoms with Crippen LogP contribution in [0.3, 0.4) is 0 Å². The van der Waals surface area contributed by atoms with Gasteiger partial charge in [0.05, 0.1) is 18.8 Å². The molecule has 0 amide bonds. The number of fused-ring (bicyclic) bond motifs is 1. The minimum Gasteiger partial charge on any atom is -0.496 e. The van der Waals surface area contributed by atoms with Gasteiger partial charge in [-0.2, -0.15) is 10.1 Å². The minimum absolute atomic E-state index is 0.0180. The molecular formula is C25H28N6O4. The summed E-state index contributed by atoms with van der Waals surface area (Å²) in [7, 11) is 3.25. The van der Waals surface area contributed by atoms with Crippen LogP contribution in [-0.4, -0.2) is 49.3 Å². The Labute approximate surface area is 202 Å². The van der Waals surface area contributed by atoms with Gasteiger partial charge in [-0.1, -0.05) is 6.92 Å². The second-order valence-electron chi connectivity index (χ2n) is 8.52. The molecule has 1 aliphatic heterocycles. The van der Waals surface area contributed by atoms with Gasteiger partial charge in [0.15, 0.2) is 12.1 Å². The predicted molar refractivity (Wildman–Crippen MR) is 131 cm³/mol. The summed E-state index contributed by atoms with van der Waals surface area (Å²) in [5, 5.41) is 23.0. The van der Waals surface area contributed by atoms with Gasteiger partial charge in [-0.05, 0) is 61.6 Å². The largest absolute Gasteiger partial charge is 0.496 e. The molecule has 1 aliphatic rings. The van der Waals surface area contributed by atoms with Crippen molar-refractivity contribution in [2.75, 3.05) is 19.0 Å². The van der Waals surface area contributed by atoms with E-state index in [-0.39, 0.29) is 17.5 Å². The van der Waals surface area contributed by atoms with Crippen LogP contribution in [0.15, 0.2) is 36.5 Å². The molecule has 0 bridgehead atoms. The van der Waals surface area contributed by atoms with Gasteiger partial charge < -0.3 is 19.9 Å². The van der Waals surface area contributed by atoms with E-state index in [9.17, 15) is 9.90 Å². The normalized spacial score (nSPS) is 15.9. The van der Waals surface area contributed by atoms with E-state index in [1.807, 2.05) is 24.0 Å². The molecule has 4 aromatic rings.